The Morgan fingerprint density at radius 3 is 2.52 bits per heavy atom. The van der Waals surface area contributed by atoms with Crippen molar-refractivity contribution >= 4 is 11.6 Å². The third-order valence-electron chi connectivity index (χ3n) is 4.88. The summed E-state index contributed by atoms with van der Waals surface area (Å²) >= 11 is 0. The maximum absolute atomic E-state index is 12.2. The number of rotatable bonds is 6. The SMILES string of the molecule is COc1cccc(NC2(C(N)=O)CCN(Cc3ccccc3)CC2)c1. The largest absolute Gasteiger partial charge is 0.497 e. The summed E-state index contributed by atoms with van der Waals surface area (Å²) in [5, 5.41) is 3.37. The van der Waals surface area contributed by atoms with E-state index in [0.29, 0.717) is 12.8 Å². The molecule has 0 aromatic heterocycles. The number of carbonyl (C=O) groups is 1. The molecule has 1 fully saturated rings. The zero-order chi connectivity index (χ0) is 17.7. The molecule has 1 heterocycles. The maximum atomic E-state index is 12.2. The van der Waals surface area contributed by atoms with Crippen LogP contribution in [0.5, 0.6) is 5.75 Å². The molecule has 2 aromatic carbocycles. The van der Waals surface area contributed by atoms with Gasteiger partial charge in [0.05, 0.1) is 7.11 Å². The molecule has 0 unspecified atom stereocenters. The third kappa shape index (κ3) is 4.12. The zero-order valence-electron chi connectivity index (χ0n) is 14.6. The summed E-state index contributed by atoms with van der Waals surface area (Å²) < 4.78 is 5.26. The lowest BCUT2D eigenvalue weighted by Gasteiger charge is -2.40. The van der Waals surface area contributed by atoms with Gasteiger partial charge in [0.25, 0.3) is 0 Å². The van der Waals surface area contributed by atoms with Crippen LogP contribution in [0, 0.1) is 0 Å². The highest BCUT2D eigenvalue weighted by atomic mass is 16.5. The highest BCUT2D eigenvalue weighted by molar-refractivity contribution is 5.88. The number of benzene rings is 2. The van der Waals surface area contributed by atoms with Crippen LogP contribution in [-0.2, 0) is 11.3 Å². The van der Waals surface area contributed by atoms with Crippen molar-refractivity contribution in [1.82, 2.24) is 4.90 Å². The number of nitrogens with zero attached hydrogens (tertiary/aromatic N) is 1. The molecular weight excluding hydrogens is 314 g/mol. The fraction of sp³-hybridized carbons (Fsp3) is 0.350. The van der Waals surface area contributed by atoms with Crippen LogP contribution >= 0.6 is 0 Å². The number of amides is 1. The van der Waals surface area contributed by atoms with E-state index >= 15 is 0 Å². The predicted octanol–water partition coefficient (Wildman–Crippen LogP) is 2.63. The molecule has 1 aliphatic rings. The topological polar surface area (TPSA) is 67.6 Å². The summed E-state index contributed by atoms with van der Waals surface area (Å²) in [4.78, 5) is 14.6. The molecule has 0 radical (unpaired) electrons. The fourth-order valence-corrected chi connectivity index (χ4v) is 3.34. The summed E-state index contributed by atoms with van der Waals surface area (Å²) in [6.45, 7) is 2.55. The quantitative estimate of drug-likeness (QED) is 0.849. The van der Waals surface area contributed by atoms with Crippen LogP contribution in [0.1, 0.15) is 18.4 Å². The number of carbonyl (C=O) groups excluding carboxylic acids is 1. The normalized spacial score (nSPS) is 17.0. The first-order valence-electron chi connectivity index (χ1n) is 8.60. The smallest absolute Gasteiger partial charge is 0.243 e. The van der Waals surface area contributed by atoms with Gasteiger partial charge in [-0.25, -0.2) is 0 Å². The number of primary amides is 1. The maximum Gasteiger partial charge on any atom is 0.243 e. The van der Waals surface area contributed by atoms with Gasteiger partial charge in [0, 0.05) is 31.4 Å². The minimum Gasteiger partial charge on any atom is -0.497 e. The van der Waals surface area contributed by atoms with E-state index in [2.05, 4.69) is 34.5 Å². The summed E-state index contributed by atoms with van der Waals surface area (Å²) in [6.07, 6.45) is 1.37. The lowest BCUT2D eigenvalue weighted by Crippen LogP contribution is -2.56. The van der Waals surface area contributed by atoms with Gasteiger partial charge in [0.2, 0.25) is 5.91 Å². The van der Waals surface area contributed by atoms with E-state index in [1.807, 2.05) is 30.3 Å². The molecule has 1 aliphatic heterocycles. The summed E-state index contributed by atoms with van der Waals surface area (Å²) in [6, 6.07) is 18.0. The second-order valence-electron chi connectivity index (χ2n) is 6.57. The second-order valence-corrected chi connectivity index (χ2v) is 6.57. The average molecular weight is 339 g/mol. The molecule has 0 atom stereocenters. The average Bonchev–Trinajstić information content (AvgIpc) is 2.64. The van der Waals surface area contributed by atoms with E-state index in [1.165, 1.54) is 5.56 Å². The number of hydrogen-bond acceptors (Lipinski definition) is 4. The van der Waals surface area contributed by atoms with Crippen LogP contribution in [0.15, 0.2) is 54.6 Å². The first-order valence-corrected chi connectivity index (χ1v) is 8.60. The zero-order valence-corrected chi connectivity index (χ0v) is 14.6. The van der Waals surface area contributed by atoms with Gasteiger partial charge in [-0.3, -0.25) is 9.69 Å². The van der Waals surface area contributed by atoms with Crippen molar-refractivity contribution in [3.63, 3.8) is 0 Å². The first-order chi connectivity index (χ1) is 12.1. The summed E-state index contributed by atoms with van der Waals surface area (Å²) in [7, 11) is 1.63. The van der Waals surface area contributed by atoms with E-state index in [9.17, 15) is 4.79 Å². The van der Waals surface area contributed by atoms with Gasteiger partial charge in [-0.2, -0.15) is 0 Å². The number of methoxy groups -OCH3 is 1. The number of piperidine rings is 1. The molecule has 5 nitrogen and oxygen atoms in total. The van der Waals surface area contributed by atoms with Crippen molar-refractivity contribution < 1.29 is 9.53 Å². The molecule has 0 bridgehead atoms. The van der Waals surface area contributed by atoms with E-state index in [1.54, 1.807) is 7.11 Å². The van der Waals surface area contributed by atoms with Crippen molar-refractivity contribution in [2.24, 2.45) is 5.73 Å². The number of hydrogen-bond donors (Lipinski definition) is 2. The Morgan fingerprint density at radius 1 is 1.16 bits per heavy atom. The van der Waals surface area contributed by atoms with Crippen LogP contribution < -0.4 is 15.8 Å². The van der Waals surface area contributed by atoms with Crippen LogP contribution in [0.4, 0.5) is 5.69 Å². The molecule has 0 aliphatic carbocycles. The lowest BCUT2D eigenvalue weighted by molar-refractivity contribution is -0.123. The van der Waals surface area contributed by atoms with E-state index in [-0.39, 0.29) is 5.91 Å². The summed E-state index contributed by atoms with van der Waals surface area (Å²) in [5.74, 6) is 0.459. The lowest BCUT2D eigenvalue weighted by atomic mass is 9.86. The number of ether oxygens (including phenoxy) is 1. The molecule has 3 rings (SSSR count). The Morgan fingerprint density at radius 2 is 1.88 bits per heavy atom. The minimum atomic E-state index is -0.709. The molecule has 25 heavy (non-hydrogen) atoms. The molecule has 0 spiro atoms. The molecule has 3 N–H and O–H groups in total. The van der Waals surface area contributed by atoms with Gasteiger partial charge >= 0.3 is 0 Å². The number of likely N-dealkylation sites (tertiary alicyclic amines) is 1. The van der Waals surface area contributed by atoms with Gasteiger partial charge in [0.1, 0.15) is 11.3 Å². The van der Waals surface area contributed by atoms with Gasteiger partial charge in [-0.1, -0.05) is 36.4 Å². The van der Waals surface area contributed by atoms with Crippen molar-refractivity contribution in [1.29, 1.82) is 0 Å². The predicted molar refractivity (Wildman–Crippen MR) is 99.5 cm³/mol. The molecule has 2 aromatic rings. The Hall–Kier alpha value is -2.53. The second kappa shape index (κ2) is 7.57. The highest BCUT2D eigenvalue weighted by Gasteiger charge is 2.39. The van der Waals surface area contributed by atoms with E-state index in [0.717, 1.165) is 31.1 Å². The van der Waals surface area contributed by atoms with Gasteiger partial charge in [-0.05, 0) is 30.5 Å². The molecule has 0 saturated carbocycles. The standard InChI is InChI=1S/C20H25N3O2/c1-25-18-9-5-8-17(14-18)22-20(19(21)24)10-12-23(13-11-20)15-16-6-3-2-4-7-16/h2-9,14,22H,10-13,15H2,1H3,(H2,21,24). The number of nitrogens with one attached hydrogen (secondary N) is 1. The van der Waals surface area contributed by atoms with Crippen molar-refractivity contribution in [3.8, 4) is 5.75 Å². The van der Waals surface area contributed by atoms with Crippen LogP contribution in [0.3, 0.4) is 0 Å². The Labute approximate surface area is 148 Å². The fourth-order valence-electron chi connectivity index (χ4n) is 3.34. The van der Waals surface area contributed by atoms with Crippen LogP contribution in [0.25, 0.3) is 0 Å². The van der Waals surface area contributed by atoms with Crippen LogP contribution in [0.2, 0.25) is 0 Å². The minimum absolute atomic E-state index is 0.297. The van der Waals surface area contributed by atoms with Gasteiger partial charge in [0.15, 0.2) is 0 Å². The molecule has 132 valence electrons. The Kier molecular flexibility index (Phi) is 5.24. The molecule has 5 heteroatoms. The molecular formula is C20H25N3O2. The highest BCUT2D eigenvalue weighted by Crippen LogP contribution is 2.29. The van der Waals surface area contributed by atoms with E-state index in [4.69, 9.17) is 10.5 Å². The van der Waals surface area contributed by atoms with Crippen molar-refractivity contribution in [2.45, 2.75) is 24.9 Å². The molecule has 1 saturated heterocycles. The van der Waals surface area contributed by atoms with Crippen molar-refractivity contribution in [3.05, 3.63) is 60.2 Å². The van der Waals surface area contributed by atoms with Gasteiger partial charge in [-0.15, -0.1) is 0 Å². The van der Waals surface area contributed by atoms with Crippen molar-refractivity contribution in [2.75, 3.05) is 25.5 Å². The monoisotopic (exact) mass is 339 g/mol. The Bertz CT molecular complexity index is 710. The Balaban J connectivity index is 1.67. The van der Waals surface area contributed by atoms with Crippen LogP contribution in [-0.4, -0.2) is 36.5 Å². The summed E-state index contributed by atoms with van der Waals surface area (Å²) in [5.41, 5.74) is 7.20. The number of nitrogens with two attached hydrogens (primary N) is 1. The number of anilines is 1. The molecule has 1 amide bonds. The van der Waals surface area contributed by atoms with Gasteiger partial charge < -0.3 is 15.8 Å². The first kappa shape index (κ1) is 17.3. The van der Waals surface area contributed by atoms with E-state index < -0.39 is 5.54 Å². The third-order valence-corrected chi connectivity index (χ3v) is 4.88.